The predicted molar refractivity (Wildman–Crippen MR) is 195 cm³/mol. The lowest BCUT2D eigenvalue weighted by atomic mass is 9.85. The lowest BCUT2D eigenvalue weighted by Gasteiger charge is -2.21. The highest BCUT2D eigenvalue weighted by Crippen LogP contribution is 2.45. The molecule has 0 N–H and O–H groups in total. The number of hydrogen-bond acceptors (Lipinski definition) is 2. The first-order chi connectivity index (χ1) is 22.7. The Labute approximate surface area is 267 Å². The first-order valence-electron chi connectivity index (χ1n) is 15.9. The maximum atomic E-state index is 5.49. The summed E-state index contributed by atoms with van der Waals surface area (Å²) in [5.74, 6) is 0. The summed E-state index contributed by atoms with van der Waals surface area (Å²) in [6.07, 6.45) is 0. The van der Waals surface area contributed by atoms with Crippen molar-refractivity contribution in [2.75, 3.05) is 0 Å². The average molecular weight is 587 g/mol. The van der Waals surface area contributed by atoms with E-state index in [1.165, 1.54) is 60.0 Å². The van der Waals surface area contributed by atoms with Gasteiger partial charge in [0.25, 0.3) is 0 Å². The second kappa shape index (κ2) is 10.4. The number of fused-ring (bicyclic) bond motifs is 7. The molecule has 0 atom stereocenters. The fourth-order valence-corrected chi connectivity index (χ4v) is 7.49. The summed E-state index contributed by atoms with van der Waals surface area (Å²) in [5.41, 5.74) is 11.1. The van der Waals surface area contributed by atoms with Crippen LogP contribution in [0, 0.1) is 13.8 Å². The van der Waals surface area contributed by atoms with E-state index in [0.717, 1.165) is 38.9 Å². The Morgan fingerprint density at radius 1 is 0.370 bits per heavy atom. The molecule has 216 valence electrons. The normalized spacial score (nSPS) is 11.7. The molecule has 0 aliphatic heterocycles. The molecule has 0 amide bonds. The highest BCUT2D eigenvalue weighted by Gasteiger charge is 2.22. The minimum absolute atomic E-state index is 0.994. The van der Waals surface area contributed by atoms with E-state index < -0.39 is 0 Å². The standard InChI is InChI=1S/C44H30N2/c1-27-39-35-21-11-12-23-37(35)45-43(30-15-5-3-6-16-30)41(39)28(2)40-36-25-24-32(34-22-13-19-29-14-9-10-20-33(29)34)26-38(36)46-44(42(27)40)31-17-7-4-8-18-31/h3-26H,1-2H3. The van der Waals surface area contributed by atoms with Crippen LogP contribution in [-0.2, 0) is 0 Å². The summed E-state index contributed by atoms with van der Waals surface area (Å²) < 4.78 is 0. The molecular formula is C44H30N2. The summed E-state index contributed by atoms with van der Waals surface area (Å²) in [6.45, 7) is 4.55. The Balaban J connectivity index is 1.47. The topological polar surface area (TPSA) is 25.8 Å². The zero-order valence-corrected chi connectivity index (χ0v) is 25.8. The van der Waals surface area contributed by atoms with Crippen molar-refractivity contribution in [1.82, 2.24) is 9.97 Å². The summed E-state index contributed by atoms with van der Waals surface area (Å²) in [7, 11) is 0. The summed E-state index contributed by atoms with van der Waals surface area (Å²) >= 11 is 0. The molecule has 46 heavy (non-hydrogen) atoms. The molecule has 0 radical (unpaired) electrons. The molecule has 2 aromatic heterocycles. The molecule has 0 saturated heterocycles. The van der Waals surface area contributed by atoms with Gasteiger partial charge in [0.2, 0.25) is 0 Å². The van der Waals surface area contributed by atoms with E-state index in [1.807, 2.05) is 0 Å². The number of aromatic nitrogens is 2. The van der Waals surface area contributed by atoms with Crippen molar-refractivity contribution in [2.45, 2.75) is 13.8 Å². The van der Waals surface area contributed by atoms with E-state index in [1.54, 1.807) is 0 Å². The van der Waals surface area contributed by atoms with Gasteiger partial charge in [0.1, 0.15) is 0 Å². The third-order valence-electron chi connectivity index (χ3n) is 9.57. The van der Waals surface area contributed by atoms with E-state index in [2.05, 4.69) is 159 Å². The van der Waals surface area contributed by atoms with Gasteiger partial charge in [0.05, 0.1) is 22.4 Å². The Bertz CT molecular complexity index is 2630. The van der Waals surface area contributed by atoms with Crippen LogP contribution in [0.1, 0.15) is 11.1 Å². The fourth-order valence-electron chi connectivity index (χ4n) is 7.49. The van der Waals surface area contributed by atoms with Crippen molar-refractivity contribution in [2.24, 2.45) is 0 Å². The molecule has 0 bridgehead atoms. The largest absolute Gasteiger partial charge is 0.247 e. The molecule has 0 aliphatic carbocycles. The van der Waals surface area contributed by atoms with Gasteiger partial charge in [-0.25, -0.2) is 9.97 Å². The van der Waals surface area contributed by atoms with Gasteiger partial charge < -0.3 is 0 Å². The van der Waals surface area contributed by atoms with Crippen molar-refractivity contribution in [3.63, 3.8) is 0 Å². The Morgan fingerprint density at radius 3 is 1.57 bits per heavy atom. The SMILES string of the molecule is Cc1c2c(-c3ccccc3)nc3cc(-c4cccc5ccccc45)ccc3c2c(C)c2c(-c3ccccc3)nc3ccccc3c12. The maximum absolute atomic E-state index is 5.49. The number of rotatable bonds is 3. The van der Waals surface area contributed by atoms with Crippen LogP contribution in [0.15, 0.2) is 146 Å². The minimum atomic E-state index is 0.994. The van der Waals surface area contributed by atoms with Crippen molar-refractivity contribution in [3.8, 4) is 33.6 Å². The molecule has 0 saturated carbocycles. The van der Waals surface area contributed by atoms with Crippen LogP contribution >= 0.6 is 0 Å². The summed E-state index contributed by atoms with van der Waals surface area (Å²) in [4.78, 5) is 10.8. The molecular weight excluding hydrogens is 556 g/mol. The molecule has 0 fully saturated rings. The van der Waals surface area contributed by atoms with Crippen LogP contribution in [0.25, 0.3) is 87.8 Å². The van der Waals surface area contributed by atoms with E-state index in [4.69, 9.17) is 9.97 Å². The molecule has 2 heteroatoms. The molecule has 0 aliphatic rings. The number of nitrogens with zero attached hydrogens (tertiary/aromatic N) is 2. The van der Waals surface area contributed by atoms with Gasteiger partial charge in [-0.05, 0) is 69.8 Å². The number of benzene rings is 7. The molecule has 2 nitrogen and oxygen atoms in total. The van der Waals surface area contributed by atoms with Crippen LogP contribution < -0.4 is 0 Å². The number of aryl methyl sites for hydroxylation is 2. The summed E-state index contributed by atoms with van der Waals surface area (Å²) in [5, 5.41) is 9.72. The first-order valence-corrected chi connectivity index (χ1v) is 15.9. The van der Waals surface area contributed by atoms with E-state index in [-0.39, 0.29) is 0 Å². The van der Waals surface area contributed by atoms with Crippen LogP contribution in [0.4, 0.5) is 0 Å². The van der Waals surface area contributed by atoms with Crippen molar-refractivity contribution < 1.29 is 0 Å². The monoisotopic (exact) mass is 586 g/mol. The Morgan fingerprint density at radius 2 is 0.891 bits per heavy atom. The van der Waals surface area contributed by atoms with Crippen LogP contribution in [-0.4, -0.2) is 9.97 Å². The number of hydrogen-bond donors (Lipinski definition) is 0. The minimum Gasteiger partial charge on any atom is -0.247 e. The van der Waals surface area contributed by atoms with Crippen LogP contribution in [0.3, 0.4) is 0 Å². The lowest BCUT2D eigenvalue weighted by molar-refractivity contribution is 1.39. The van der Waals surface area contributed by atoms with Gasteiger partial charge in [-0.1, -0.05) is 133 Å². The number of para-hydroxylation sites is 1. The second-order valence-corrected chi connectivity index (χ2v) is 12.2. The van der Waals surface area contributed by atoms with Gasteiger partial charge in [-0.3, -0.25) is 0 Å². The quantitative estimate of drug-likeness (QED) is 0.152. The molecule has 9 aromatic rings. The average Bonchev–Trinajstić information content (AvgIpc) is 3.12. The third kappa shape index (κ3) is 3.97. The highest BCUT2D eigenvalue weighted by molar-refractivity contribution is 6.25. The Kier molecular flexibility index (Phi) is 5.97. The molecule has 9 rings (SSSR count). The first kappa shape index (κ1) is 26.5. The molecule has 0 unspecified atom stereocenters. The highest BCUT2D eigenvalue weighted by atomic mass is 14.7. The predicted octanol–water partition coefficient (Wildman–Crippen LogP) is 11.9. The van der Waals surface area contributed by atoms with Gasteiger partial charge in [-0.15, -0.1) is 0 Å². The molecule has 2 heterocycles. The summed E-state index contributed by atoms with van der Waals surface area (Å²) in [6, 6.07) is 51.8. The van der Waals surface area contributed by atoms with Gasteiger partial charge in [0.15, 0.2) is 0 Å². The van der Waals surface area contributed by atoms with E-state index >= 15 is 0 Å². The lowest BCUT2D eigenvalue weighted by Crippen LogP contribution is -1.99. The van der Waals surface area contributed by atoms with E-state index in [0.29, 0.717) is 0 Å². The van der Waals surface area contributed by atoms with Crippen molar-refractivity contribution >= 4 is 54.1 Å². The van der Waals surface area contributed by atoms with Gasteiger partial charge >= 0.3 is 0 Å². The zero-order chi connectivity index (χ0) is 30.8. The van der Waals surface area contributed by atoms with Gasteiger partial charge in [-0.2, -0.15) is 0 Å². The smallest absolute Gasteiger partial charge is 0.0791 e. The molecule has 0 spiro atoms. The molecule has 7 aromatic carbocycles. The van der Waals surface area contributed by atoms with E-state index in [9.17, 15) is 0 Å². The van der Waals surface area contributed by atoms with Crippen LogP contribution in [0.2, 0.25) is 0 Å². The Hall–Kier alpha value is -5.86. The van der Waals surface area contributed by atoms with Crippen molar-refractivity contribution in [1.29, 1.82) is 0 Å². The zero-order valence-electron chi connectivity index (χ0n) is 25.8. The second-order valence-electron chi connectivity index (χ2n) is 12.2. The fraction of sp³-hybridized carbons (Fsp3) is 0.0455. The van der Waals surface area contributed by atoms with Crippen molar-refractivity contribution in [3.05, 3.63) is 157 Å². The maximum Gasteiger partial charge on any atom is 0.0791 e. The van der Waals surface area contributed by atoms with Gasteiger partial charge in [0, 0.05) is 32.7 Å². The van der Waals surface area contributed by atoms with Crippen LogP contribution in [0.5, 0.6) is 0 Å². The third-order valence-corrected chi connectivity index (χ3v) is 9.57. The number of pyridine rings is 2.